The monoisotopic (exact) mass is 447 g/mol. The highest BCUT2D eigenvalue weighted by molar-refractivity contribution is 5.92. The Labute approximate surface area is 194 Å². The summed E-state index contributed by atoms with van der Waals surface area (Å²) in [7, 11) is 0. The van der Waals surface area contributed by atoms with Gasteiger partial charge in [0.05, 0.1) is 12.4 Å². The maximum Gasteiger partial charge on any atom is 0.165 e. The lowest BCUT2D eigenvalue weighted by Gasteiger charge is -2.60. The summed E-state index contributed by atoms with van der Waals surface area (Å²) in [5, 5.41) is 0. The summed E-state index contributed by atoms with van der Waals surface area (Å²) >= 11 is 0. The first-order chi connectivity index (χ1) is 15.7. The van der Waals surface area contributed by atoms with Gasteiger partial charge in [-0.05, 0) is 74.7 Å². The first-order valence-electron chi connectivity index (χ1n) is 12.4. The van der Waals surface area contributed by atoms with E-state index in [9.17, 15) is 9.59 Å². The van der Waals surface area contributed by atoms with Gasteiger partial charge in [-0.3, -0.25) is 9.59 Å². The fourth-order valence-corrected chi connectivity index (χ4v) is 8.76. The van der Waals surface area contributed by atoms with Crippen molar-refractivity contribution in [3.8, 4) is 0 Å². The molecule has 174 valence electrons. The Kier molecular flexibility index (Phi) is 4.43. The van der Waals surface area contributed by atoms with Gasteiger partial charge in [-0.2, -0.15) is 0 Å². The number of carbonyl (C=O) groups is 2. The van der Waals surface area contributed by atoms with E-state index >= 15 is 0 Å². The third kappa shape index (κ3) is 2.71. The predicted octanol–water partition coefficient (Wildman–Crippen LogP) is 4.30. The van der Waals surface area contributed by atoms with E-state index in [1.165, 1.54) is 11.9 Å². The van der Waals surface area contributed by atoms with Crippen molar-refractivity contribution in [3.05, 3.63) is 24.3 Å². The van der Waals surface area contributed by atoms with E-state index in [1.807, 2.05) is 6.08 Å². The number of allylic oxidation sites excluding steroid dienone is 1. The summed E-state index contributed by atoms with van der Waals surface area (Å²) in [5.74, 6) is 2.78. The van der Waals surface area contributed by atoms with Crippen LogP contribution in [0.5, 0.6) is 0 Å². The molecule has 0 aromatic carbocycles. The number of imidazole rings is 1. The number of aromatic nitrogens is 4. The highest BCUT2D eigenvalue weighted by atomic mass is 16.1. The number of nitrogen functional groups attached to an aromatic ring is 1. The molecule has 0 spiro atoms. The predicted molar refractivity (Wildman–Crippen MR) is 125 cm³/mol. The summed E-state index contributed by atoms with van der Waals surface area (Å²) < 4.78 is 2.10. The maximum atomic E-state index is 12.9. The molecule has 0 amide bonds. The quantitative estimate of drug-likeness (QED) is 0.736. The standard InChI is InChI=1S/C26H33N5O2/c1-14(32)18-6-7-19-17-5-4-15-10-16(33)11-21(26(15,3)20(17)8-9-25(18,19)2)31-13-30-22-23(27)28-12-29-24(22)31/h10,12-13,17-21H,4-9,11H2,1-3H3,(H2,27,28,29)/t17-,18+,19-,20-,21?,25+,26-/m0/s1. The molecule has 7 heteroatoms. The molecule has 3 saturated carbocycles. The number of ketones is 2. The Bertz CT molecular complexity index is 1200. The number of nitrogens with two attached hydrogens (primary N) is 1. The Morgan fingerprint density at radius 1 is 1.12 bits per heavy atom. The molecule has 4 aliphatic rings. The van der Waals surface area contributed by atoms with Crippen LogP contribution in [0.25, 0.3) is 11.2 Å². The first-order valence-corrected chi connectivity index (χ1v) is 12.4. The Morgan fingerprint density at radius 3 is 2.73 bits per heavy atom. The molecule has 2 heterocycles. The molecule has 3 fully saturated rings. The lowest BCUT2D eigenvalue weighted by atomic mass is 9.45. The summed E-state index contributed by atoms with van der Waals surface area (Å²) in [6.07, 6.45) is 12.1. The zero-order chi connectivity index (χ0) is 23.1. The number of anilines is 1. The average molecular weight is 448 g/mol. The van der Waals surface area contributed by atoms with Crippen LogP contribution in [0, 0.1) is 34.5 Å². The van der Waals surface area contributed by atoms with Crippen molar-refractivity contribution >= 4 is 28.5 Å². The van der Waals surface area contributed by atoms with Gasteiger partial charge < -0.3 is 10.3 Å². The smallest absolute Gasteiger partial charge is 0.165 e. The van der Waals surface area contributed by atoms with E-state index < -0.39 is 0 Å². The van der Waals surface area contributed by atoms with Crippen LogP contribution in [-0.2, 0) is 9.59 Å². The third-order valence-corrected chi connectivity index (χ3v) is 10.3. The van der Waals surface area contributed by atoms with Gasteiger partial charge in [0, 0.05) is 17.8 Å². The maximum absolute atomic E-state index is 12.9. The summed E-state index contributed by atoms with van der Waals surface area (Å²) in [6.45, 7) is 6.54. The summed E-state index contributed by atoms with van der Waals surface area (Å²) in [4.78, 5) is 38.5. The summed E-state index contributed by atoms with van der Waals surface area (Å²) in [6, 6.07) is -0.0357. The summed E-state index contributed by atoms with van der Waals surface area (Å²) in [5.41, 5.74) is 8.66. The molecule has 0 bridgehead atoms. The van der Waals surface area contributed by atoms with Gasteiger partial charge in [-0.25, -0.2) is 15.0 Å². The molecular formula is C26H33N5O2. The zero-order valence-corrected chi connectivity index (χ0v) is 19.8. The van der Waals surface area contributed by atoms with E-state index in [0.29, 0.717) is 46.9 Å². The number of nitrogens with zero attached hydrogens (tertiary/aromatic N) is 4. The number of rotatable bonds is 2. The highest BCUT2D eigenvalue weighted by Gasteiger charge is 2.61. The minimum absolute atomic E-state index is 0.0357. The largest absolute Gasteiger partial charge is 0.382 e. The number of carbonyl (C=O) groups excluding carboxylic acids is 2. The molecule has 0 radical (unpaired) electrons. The van der Waals surface area contributed by atoms with Crippen molar-refractivity contribution in [2.75, 3.05) is 5.73 Å². The van der Waals surface area contributed by atoms with Gasteiger partial charge in [0.15, 0.2) is 17.2 Å². The van der Waals surface area contributed by atoms with Crippen LogP contribution >= 0.6 is 0 Å². The fourth-order valence-electron chi connectivity index (χ4n) is 8.76. The van der Waals surface area contributed by atoms with Gasteiger partial charge >= 0.3 is 0 Å². The van der Waals surface area contributed by atoms with E-state index in [1.54, 1.807) is 13.3 Å². The first kappa shape index (κ1) is 21.0. The lowest BCUT2D eigenvalue weighted by molar-refractivity contribution is -0.129. The van der Waals surface area contributed by atoms with Gasteiger partial charge in [-0.15, -0.1) is 0 Å². The highest BCUT2D eigenvalue weighted by Crippen LogP contribution is 2.68. The van der Waals surface area contributed by atoms with E-state index in [4.69, 9.17) is 5.73 Å². The molecule has 1 unspecified atom stereocenters. The van der Waals surface area contributed by atoms with Crippen LogP contribution in [-0.4, -0.2) is 31.1 Å². The van der Waals surface area contributed by atoms with Crippen LogP contribution in [0.1, 0.15) is 71.8 Å². The molecule has 2 aromatic heterocycles. The third-order valence-electron chi connectivity index (χ3n) is 10.3. The van der Waals surface area contributed by atoms with Gasteiger partial charge in [-0.1, -0.05) is 19.4 Å². The number of Topliss-reactive ketones (excluding diaryl/α,β-unsaturated/α-hetero) is 1. The van der Waals surface area contributed by atoms with Crippen LogP contribution in [0.15, 0.2) is 24.3 Å². The van der Waals surface area contributed by atoms with Gasteiger partial charge in [0.2, 0.25) is 0 Å². The Morgan fingerprint density at radius 2 is 1.94 bits per heavy atom. The normalized spacial score (nSPS) is 40.2. The van der Waals surface area contributed by atoms with Crippen LogP contribution in [0.4, 0.5) is 5.82 Å². The molecule has 4 aliphatic carbocycles. The van der Waals surface area contributed by atoms with Crippen LogP contribution in [0.3, 0.4) is 0 Å². The number of hydrogen-bond donors (Lipinski definition) is 1. The molecule has 0 aliphatic heterocycles. The van der Waals surface area contributed by atoms with E-state index in [2.05, 4.69) is 33.4 Å². The van der Waals surface area contributed by atoms with Crippen molar-refractivity contribution in [1.82, 2.24) is 19.5 Å². The second-order valence-corrected chi connectivity index (χ2v) is 11.4. The van der Waals surface area contributed by atoms with E-state index in [-0.39, 0.29) is 28.6 Å². The van der Waals surface area contributed by atoms with Crippen molar-refractivity contribution in [1.29, 1.82) is 0 Å². The second kappa shape index (κ2) is 6.97. The van der Waals surface area contributed by atoms with Crippen molar-refractivity contribution < 1.29 is 9.59 Å². The van der Waals surface area contributed by atoms with Gasteiger partial charge in [0.1, 0.15) is 17.6 Å². The number of hydrogen-bond acceptors (Lipinski definition) is 6. The molecular weight excluding hydrogens is 414 g/mol. The average Bonchev–Trinajstić information content (AvgIpc) is 3.35. The minimum atomic E-state index is -0.139. The topological polar surface area (TPSA) is 104 Å². The van der Waals surface area contributed by atoms with Crippen molar-refractivity contribution in [3.63, 3.8) is 0 Å². The Balaban J connectivity index is 1.45. The molecule has 0 saturated heterocycles. The van der Waals surface area contributed by atoms with Crippen LogP contribution in [0.2, 0.25) is 0 Å². The fraction of sp³-hybridized carbons (Fsp3) is 0.654. The minimum Gasteiger partial charge on any atom is -0.382 e. The van der Waals surface area contributed by atoms with Crippen LogP contribution < -0.4 is 5.73 Å². The SMILES string of the molecule is CC(=O)[C@H]1CC[C@H]2[C@@H]3CCC4=CC(=O)CC(n5cnc6c(N)ncnc65)[C@]4(C)[C@H]3CC[C@]12C. The second-order valence-electron chi connectivity index (χ2n) is 11.4. The molecule has 33 heavy (non-hydrogen) atoms. The molecule has 2 N–H and O–H groups in total. The number of fused-ring (bicyclic) bond motifs is 6. The van der Waals surface area contributed by atoms with Gasteiger partial charge in [0.25, 0.3) is 0 Å². The molecule has 7 nitrogen and oxygen atoms in total. The van der Waals surface area contributed by atoms with Crippen molar-refractivity contribution in [2.45, 2.75) is 71.8 Å². The van der Waals surface area contributed by atoms with Crippen molar-refractivity contribution in [2.24, 2.45) is 34.5 Å². The Hall–Kier alpha value is -2.57. The lowest BCUT2D eigenvalue weighted by Crippen LogP contribution is -2.54. The molecule has 2 aromatic rings. The zero-order valence-electron chi connectivity index (χ0n) is 19.8. The molecule has 6 rings (SSSR count). The molecule has 7 atom stereocenters. The van der Waals surface area contributed by atoms with E-state index in [0.717, 1.165) is 38.5 Å².